The Morgan fingerprint density at radius 3 is 2.83 bits per heavy atom. The summed E-state index contributed by atoms with van der Waals surface area (Å²) in [6, 6.07) is 0.853. The fourth-order valence-corrected chi connectivity index (χ4v) is 1.83. The van der Waals surface area contributed by atoms with Crippen LogP contribution in [-0.4, -0.2) is 27.9 Å². The molecule has 18 heavy (non-hydrogen) atoms. The molecule has 1 aliphatic rings. The summed E-state index contributed by atoms with van der Waals surface area (Å²) in [7, 11) is 0. The fraction of sp³-hybridized carbons (Fsp3) is 0.455. The third-order valence-corrected chi connectivity index (χ3v) is 2.74. The fourth-order valence-electron chi connectivity index (χ4n) is 1.83. The van der Waals surface area contributed by atoms with Gasteiger partial charge in [-0.1, -0.05) is 18.5 Å². The Hall–Kier alpha value is -2.18. The first-order chi connectivity index (χ1) is 8.63. The lowest BCUT2D eigenvalue weighted by atomic mass is 9.99. The number of rotatable bonds is 4. The monoisotopic (exact) mass is 251 g/mol. The van der Waals surface area contributed by atoms with Crippen molar-refractivity contribution in [2.24, 2.45) is 5.92 Å². The van der Waals surface area contributed by atoms with Gasteiger partial charge in [-0.15, -0.1) is 0 Å². The second-order valence-corrected chi connectivity index (χ2v) is 4.05. The quantitative estimate of drug-likeness (QED) is 0.794. The van der Waals surface area contributed by atoms with E-state index in [-0.39, 0.29) is 6.54 Å². The van der Waals surface area contributed by atoms with Crippen LogP contribution in [0.25, 0.3) is 0 Å². The summed E-state index contributed by atoms with van der Waals surface area (Å²) in [5.74, 6) is -1.79. The summed E-state index contributed by atoms with van der Waals surface area (Å²) in [4.78, 5) is 36.2. The van der Waals surface area contributed by atoms with Crippen molar-refractivity contribution in [2.75, 3.05) is 0 Å². The number of hydrogen-bond donors (Lipinski definition) is 1. The van der Waals surface area contributed by atoms with E-state index in [0.717, 1.165) is 4.90 Å². The second-order valence-electron chi connectivity index (χ2n) is 4.05. The van der Waals surface area contributed by atoms with Crippen LogP contribution in [0.3, 0.4) is 0 Å². The van der Waals surface area contributed by atoms with E-state index in [1.165, 1.54) is 6.26 Å². The molecule has 1 N–H and O–H groups in total. The molecular formula is C11H13N3O4. The molecule has 7 nitrogen and oxygen atoms in total. The summed E-state index contributed by atoms with van der Waals surface area (Å²) in [5.41, 5.74) is 0.461. The molecule has 0 saturated carbocycles. The van der Waals surface area contributed by atoms with E-state index in [2.05, 4.69) is 15.0 Å². The zero-order chi connectivity index (χ0) is 13.1. The van der Waals surface area contributed by atoms with E-state index < -0.39 is 23.8 Å². The average Bonchev–Trinajstić information content (AvgIpc) is 2.83. The van der Waals surface area contributed by atoms with Gasteiger partial charge in [0.2, 0.25) is 11.8 Å². The summed E-state index contributed by atoms with van der Waals surface area (Å²) < 4.78 is 4.64. The van der Waals surface area contributed by atoms with Gasteiger partial charge in [-0.05, 0) is 6.42 Å². The van der Waals surface area contributed by atoms with Gasteiger partial charge < -0.3 is 4.52 Å². The highest BCUT2D eigenvalue weighted by molar-refractivity contribution is 6.16. The van der Waals surface area contributed by atoms with Crippen LogP contribution >= 0.6 is 0 Å². The molecule has 0 aromatic carbocycles. The molecule has 2 heterocycles. The first kappa shape index (κ1) is 12.3. The number of carbonyl (C=O) groups is 3. The lowest BCUT2D eigenvalue weighted by Crippen LogP contribution is -2.57. The van der Waals surface area contributed by atoms with Crippen molar-refractivity contribution in [1.29, 1.82) is 0 Å². The largest absolute Gasteiger partial charge is 0.364 e. The zero-order valence-corrected chi connectivity index (χ0v) is 9.88. The zero-order valence-electron chi connectivity index (χ0n) is 9.88. The standard InChI is InChI=1S/C11H13N3O4/c1-2-3-8-9(15)12-11(17)14(10(8)16)6-7-4-5-18-13-7/h4-5,8H,2-3,6H2,1H3,(H,12,15,17). The van der Waals surface area contributed by atoms with E-state index in [1.807, 2.05) is 6.92 Å². The van der Waals surface area contributed by atoms with Gasteiger partial charge in [0, 0.05) is 6.07 Å². The minimum atomic E-state index is -0.792. The van der Waals surface area contributed by atoms with Crippen LogP contribution in [0.2, 0.25) is 0 Å². The lowest BCUT2D eigenvalue weighted by molar-refractivity contribution is -0.143. The maximum Gasteiger partial charge on any atom is 0.331 e. The molecule has 1 saturated heterocycles. The van der Waals surface area contributed by atoms with Gasteiger partial charge in [0.15, 0.2) is 0 Å². The SMILES string of the molecule is CCCC1C(=O)NC(=O)N(Cc2ccon2)C1=O. The molecular weight excluding hydrogens is 238 g/mol. The summed E-state index contributed by atoms with van der Waals surface area (Å²) in [6.07, 6.45) is 2.47. The third-order valence-electron chi connectivity index (χ3n) is 2.74. The van der Waals surface area contributed by atoms with Crippen LogP contribution in [0.4, 0.5) is 4.79 Å². The summed E-state index contributed by atoms with van der Waals surface area (Å²) in [6.45, 7) is 1.88. The highest BCUT2D eigenvalue weighted by Crippen LogP contribution is 2.17. The van der Waals surface area contributed by atoms with Crippen LogP contribution in [0.15, 0.2) is 16.9 Å². The van der Waals surface area contributed by atoms with Gasteiger partial charge in [-0.2, -0.15) is 0 Å². The number of barbiturate groups is 1. The number of aromatic nitrogens is 1. The normalized spacial score (nSPS) is 20.2. The Bertz CT molecular complexity index is 469. The molecule has 7 heteroatoms. The molecule has 1 fully saturated rings. The van der Waals surface area contributed by atoms with Crippen molar-refractivity contribution in [3.63, 3.8) is 0 Å². The van der Waals surface area contributed by atoms with Crippen molar-refractivity contribution in [3.8, 4) is 0 Å². The van der Waals surface area contributed by atoms with Crippen LogP contribution in [0.1, 0.15) is 25.5 Å². The Labute approximate surface area is 103 Å². The molecule has 1 aromatic rings. The highest BCUT2D eigenvalue weighted by Gasteiger charge is 2.39. The molecule has 1 atom stereocenters. The van der Waals surface area contributed by atoms with Crippen LogP contribution < -0.4 is 5.32 Å². The molecule has 4 amide bonds. The van der Waals surface area contributed by atoms with Crippen molar-refractivity contribution < 1.29 is 18.9 Å². The predicted molar refractivity (Wildman–Crippen MR) is 59.0 cm³/mol. The minimum Gasteiger partial charge on any atom is -0.364 e. The Morgan fingerprint density at radius 1 is 1.44 bits per heavy atom. The molecule has 0 bridgehead atoms. The molecule has 1 aliphatic heterocycles. The molecule has 1 unspecified atom stereocenters. The number of amides is 4. The maximum atomic E-state index is 12.0. The van der Waals surface area contributed by atoms with Crippen molar-refractivity contribution >= 4 is 17.8 Å². The van der Waals surface area contributed by atoms with Gasteiger partial charge in [-0.3, -0.25) is 19.8 Å². The summed E-state index contributed by atoms with van der Waals surface area (Å²) >= 11 is 0. The van der Waals surface area contributed by atoms with Gasteiger partial charge in [-0.25, -0.2) is 4.79 Å². The average molecular weight is 251 g/mol. The van der Waals surface area contributed by atoms with Crippen molar-refractivity contribution in [3.05, 3.63) is 18.0 Å². The van der Waals surface area contributed by atoms with Gasteiger partial charge in [0.1, 0.15) is 17.9 Å². The lowest BCUT2D eigenvalue weighted by Gasteiger charge is -2.29. The maximum absolute atomic E-state index is 12.0. The van der Waals surface area contributed by atoms with Gasteiger partial charge in [0.25, 0.3) is 0 Å². The molecule has 1 aromatic heterocycles. The molecule has 2 rings (SSSR count). The van der Waals surface area contributed by atoms with Gasteiger partial charge >= 0.3 is 6.03 Å². The van der Waals surface area contributed by atoms with Crippen molar-refractivity contribution in [1.82, 2.24) is 15.4 Å². The number of nitrogens with zero attached hydrogens (tertiary/aromatic N) is 2. The molecule has 0 aliphatic carbocycles. The minimum absolute atomic E-state index is 0.00859. The Balaban J connectivity index is 2.15. The smallest absolute Gasteiger partial charge is 0.331 e. The van der Waals surface area contributed by atoms with Crippen LogP contribution in [0.5, 0.6) is 0 Å². The molecule has 0 radical (unpaired) electrons. The van der Waals surface area contributed by atoms with Crippen molar-refractivity contribution in [2.45, 2.75) is 26.3 Å². The van der Waals surface area contributed by atoms with E-state index in [9.17, 15) is 14.4 Å². The number of imide groups is 2. The topological polar surface area (TPSA) is 92.5 Å². The van der Waals surface area contributed by atoms with Crippen LogP contribution in [0, 0.1) is 5.92 Å². The number of hydrogen-bond acceptors (Lipinski definition) is 5. The van der Waals surface area contributed by atoms with Gasteiger partial charge in [0.05, 0.1) is 6.54 Å². The Morgan fingerprint density at radius 2 is 2.22 bits per heavy atom. The first-order valence-corrected chi connectivity index (χ1v) is 5.69. The van der Waals surface area contributed by atoms with Crippen LogP contribution in [-0.2, 0) is 16.1 Å². The number of nitrogens with one attached hydrogen (secondary N) is 1. The third kappa shape index (κ3) is 2.24. The number of carbonyl (C=O) groups excluding carboxylic acids is 3. The summed E-state index contributed by atoms with van der Waals surface area (Å²) in [5, 5.41) is 5.81. The highest BCUT2D eigenvalue weighted by atomic mass is 16.5. The molecule has 96 valence electrons. The van der Waals surface area contributed by atoms with E-state index in [1.54, 1.807) is 6.07 Å². The Kier molecular flexibility index (Phi) is 3.40. The molecule has 0 spiro atoms. The van der Waals surface area contributed by atoms with E-state index >= 15 is 0 Å². The van der Waals surface area contributed by atoms with E-state index in [0.29, 0.717) is 18.5 Å². The van der Waals surface area contributed by atoms with E-state index in [4.69, 9.17) is 0 Å². The number of urea groups is 1. The first-order valence-electron chi connectivity index (χ1n) is 5.69. The predicted octanol–water partition coefficient (Wildman–Crippen LogP) is 0.669. The second kappa shape index (κ2) is 4.99.